The van der Waals surface area contributed by atoms with Gasteiger partial charge in [0.1, 0.15) is 18.5 Å². The van der Waals surface area contributed by atoms with Gasteiger partial charge < -0.3 is 9.47 Å². The first-order chi connectivity index (χ1) is 16.1. The molecule has 1 aliphatic heterocycles. The van der Waals surface area contributed by atoms with Crippen LogP contribution in [0, 0.1) is 0 Å². The van der Waals surface area contributed by atoms with E-state index in [1.807, 2.05) is 94.4 Å². The Kier molecular flexibility index (Phi) is 6.78. The van der Waals surface area contributed by atoms with Crippen LogP contribution in [0.4, 0.5) is 0 Å². The fraction of sp³-hybridized carbons (Fsp3) is 0.345. The molecule has 1 radical (unpaired) electrons. The predicted octanol–water partition coefficient (Wildman–Crippen LogP) is 6.46. The zero-order chi connectivity index (χ0) is 24.3. The minimum absolute atomic E-state index is 0.286. The molecule has 5 heteroatoms. The molecule has 34 heavy (non-hydrogen) atoms. The lowest BCUT2D eigenvalue weighted by molar-refractivity contribution is -0.298. The highest BCUT2D eigenvalue weighted by atomic mass is 16.5. The van der Waals surface area contributed by atoms with Gasteiger partial charge in [-0.3, -0.25) is 0 Å². The van der Waals surface area contributed by atoms with Crippen LogP contribution in [0.3, 0.4) is 0 Å². The number of hydroxylamine groups is 2. The lowest BCUT2D eigenvalue weighted by atomic mass is 9.80. The number of carbonyl (C=O) groups excluding carboxylic acids is 1. The van der Waals surface area contributed by atoms with E-state index >= 15 is 0 Å². The normalized spacial score (nSPS) is 17.8. The number of esters is 1. The van der Waals surface area contributed by atoms with Crippen molar-refractivity contribution in [1.82, 2.24) is 5.06 Å². The van der Waals surface area contributed by atoms with Crippen molar-refractivity contribution in [3.8, 4) is 16.9 Å². The van der Waals surface area contributed by atoms with Crippen molar-refractivity contribution < 1.29 is 19.5 Å². The Balaban J connectivity index is 1.36. The Hall–Kier alpha value is -3.15. The Bertz CT molecular complexity index is 1090. The number of hydrogen-bond donors (Lipinski definition) is 0. The molecule has 3 aromatic rings. The van der Waals surface area contributed by atoms with Crippen LogP contribution < -0.4 is 4.74 Å². The lowest BCUT2D eigenvalue weighted by Crippen LogP contribution is -2.60. The van der Waals surface area contributed by atoms with Gasteiger partial charge in [0, 0.05) is 23.9 Å². The van der Waals surface area contributed by atoms with Crippen molar-refractivity contribution in [3.63, 3.8) is 0 Å². The van der Waals surface area contributed by atoms with Crippen LogP contribution >= 0.6 is 0 Å². The van der Waals surface area contributed by atoms with Crippen molar-refractivity contribution in [1.29, 1.82) is 0 Å². The highest BCUT2D eigenvalue weighted by Crippen LogP contribution is 2.38. The third-order valence-electron chi connectivity index (χ3n) is 6.38. The average molecular weight is 459 g/mol. The number of nitrogens with zero attached hydrogens (tertiary/aromatic N) is 1. The van der Waals surface area contributed by atoms with Crippen LogP contribution in [0.25, 0.3) is 11.1 Å². The van der Waals surface area contributed by atoms with Crippen LogP contribution in [0.1, 0.15) is 56.5 Å². The van der Waals surface area contributed by atoms with Crippen molar-refractivity contribution in [2.24, 2.45) is 0 Å². The molecule has 1 saturated heterocycles. The Morgan fingerprint density at radius 3 is 1.91 bits per heavy atom. The van der Waals surface area contributed by atoms with E-state index < -0.39 is 11.1 Å². The molecule has 1 heterocycles. The highest BCUT2D eigenvalue weighted by Gasteiger charge is 2.47. The summed E-state index contributed by atoms with van der Waals surface area (Å²) in [6.07, 6.45) is 0.746. The predicted molar refractivity (Wildman–Crippen MR) is 132 cm³/mol. The molecule has 0 amide bonds. The molecular formula is C29H32NO4. The Morgan fingerprint density at radius 2 is 1.35 bits per heavy atom. The molecule has 0 aliphatic carbocycles. The van der Waals surface area contributed by atoms with E-state index in [1.54, 1.807) is 12.1 Å². The van der Waals surface area contributed by atoms with Gasteiger partial charge in [-0.2, -0.15) is 0 Å². The molecule has 0 N–H and O–H groups in total. The number of rotatable bonds is 6. The molecule has 5 nitrogen and oxygen atoms in total. The van der Waals surface area contributed by atoms with Crippen LogP contribution in [0.5, 0.6) is 5.75 Å². The highest BCUT2D eigenvalue weighted by molar-refractivity contribution is 5.90. The van der Waals surface area contributed by atoms with Crippen molar-refractivity contribution in [2.75, 3.05) is 0 Å². The SMILES string of the molecule is CC1(C)CC(OC(=O)c2ccc(-c3ccc(OCc4ccccc4)cc3)cc2)CC(C)(C)N1[O]. The molecule has 1 fully saturated rings. The van der Waals surface area contributed by atoms with E-state index in [4.69, 9.17) is 9.47 Å². The number of ether oxygens (including phenoxy) is 2. The smallest absolute Gasteiger partial charge is 0.338 e. The van der Waals surface area contributed by atoms with E-state index in [0.717, 1.165) is 27.5 Å². The summed E-state index contributed by atoms with van der Waals surface area (Å²) in [5, 5.41) is 13.7. The number of benzene rings is 3. The van der Waals surface area contributed by atoms with Crippen LogP contribution in [0.2, 0.25) is 0 Å². The standard InChI is InChI=1S/C29H32NO4/c1-28(2)18-26(19-29(3,4)30(28)32)34-27(31)24-12-10-22(11-13-24)23-14-16-25(17-15-23)33-20-21-8-6-5-7-9-21/h5-17,26H,18-20H2,1-4H3. The van der Waals surface area contributed by atoms with Crippen molar-refractivity contribution in [3.05, 3.63) is 90.0 Å². The molecule has 0 bridgehead atoms. The van der Waals surface area contributed by atoms with Gasteiger partial charge in [0.05, 0.1) is 5.56 Å². The average Bonchev–Trinajstić information content (AvgIpc) is 2.82. The fourth-order valence-electron chi connectivity index (χ4n) is 4.76. The van der Waals surface area contributed by atoms with Crippen LogP contribution in [-0.2, 0) is 16.6 Å². The van der Waals surface area contributed by atoms with Crippen LogP contribution in [0.15, 0.2) is 78.9 Å². The number of hydrogen-bond acceptors (Lipinski definition) is 4. The van der Waals surface area contributed by atoms with Gasteiger partial charge >= 0.3 is 5.97 Å². The third kappa shape index (κ3) is 5.49. The van der Waals surface area contributed by atoms with Gasteiger partial charge in [0.15, 0.2) is 0 Å². The maximum atomic E-state index is 12.8. The summed E-state index contributed by atoms with van der Waals surface area (Å²) in [6, 6.07) is 25.4. The molecule has 0 spiro atoms. The zero-order valence-corrected chi connectivity index (χ0v) is 20.3. The van der Waals surface area contributed by atoms with Gasteiger partial charge in [-0.15, -0.1) is 10.3 Å². The maximum absolute atomic E-state index is 12.8. The second-order valence-corrected chi connectivity index (χ2v) is 10.2. The number of piperidine rings is 1. The first-order valence-corrected chi connectivity index (χ1v) is 11.7. The van der Waals surface area contributed by atoms with Gasteiger partial charge in [0.2, 0.25) is 0 Å². The molecule has 0 atom stereocenters. The molecule has 3 aromatic carbocycles. The molecular weight excluding hydrogens is 426 g/mol. The molecule has 1 aliphatic rings. The summed E-state index contributed by atoms with van der Waals surface area (Å²) < 4.78 is 11.7. The minimum Gasteiger partial charge on any atom is -0.489 e. The number of carbonyl (C=O) groups is 1. The summed E-state index contributed by atoms with van der Waals surface area (Å²) in [5.74, 6) is 0.454. The first-order valence-electron chi connectivity index (χ1n) is 11.7. The van der Waals surface area contributed by atoms with E-state index in [9.17, 15) is 10.0 Å². The summed E-state index contributed by atoms with van der Waals surface area (Å²) in [7, 11) is 0. The van der Waals surface area contributed by atoms with Crippen molar-refractivity contribution in [2.45, 2.75) is 64.3 Å². The van der Waals surface area contributed by atoms with Gasteiger partial charge in [0.25, 0.3) is 0 Å². The van der Waals surface area contributed by atoms with Gasteiger partial charge in [-0.25, -0.2) is 4.79 Å². The van der Waals surface area contributed by atoms with Crippen molar-refractivity contribution >= 4 is 5.97 Å². The van der Waals surface area contributed by atoms with E-state index in [1.165, 1.54) is 0 Å². The van der Waals surface area contributed by atoms with Gasteiger partial charge in [-0.1, -0.05) is 54.6 Å². The summed E-state index contributed by atoms with van der Waals surface area (Å²) in [6.45, 7) is 8.12. The van der Waals surface area contributed by atoms with Crippen LogP contribution in [-0.4, -0.2) is 28.2 Å². The topological polar surface area (TPSA) is 58.7 Å². The fourth-order valence-corrected chi connectivity index (χ4v) is 4.76. The minimum atomic E-state index is -0.576. The largest absolute Gasteiger partial charge is 0.489 e. The van der Waals surface area contributed by atoms with E-state index in [-0.39, 0.29) is 12.1 Å². The van der Waals surface area contributed by atoms with E-state index in [0.29, 0.717) is 25.0 Å². The quantitative estimate of drug-likeness (QED) is 0.398. The lowest BCUT2D eigenvalue weighted by Gasteiger charge is -2.49. The monoisotopic (exact) mass is 458 g/mol. The Morgan fingerprint density at radius 1 is 0.824 bits per heavy atom. The van der Waals surface area contributed by atoms with E-state index in [2.05, 4.69) is 0 Å². The summed E-state index contributed by atoms with van der Waals surface area (Å²) >= 11 is 0. The molecule has 0 saturated carbocycles. The van der Waals surface area contributed by atoms with Gasteiger partial charge in [-0.05, 0) is 68.7 Å². The Labute approximate surface area is 201 Å². The molecule has 177 valence electrons. The molecule has 0 unspecified atom stereocenters. The maximum Gasteiger partial charge on any atom is 0.338 e. The first kappa shape index (κ1) is 24.0. The summed E-state index contributed by atoms with van der Waals surface area (Å²) in [5.41, 5.74) is 2.53. The molecule has 4 rings (SSSR count). The second kappa shape index (κ2) is 9.61. The zero-order valence-electron chi connectivity index (χ0n) is 20.3. The second-order valence-electron chi connectivity index (χ2n) is 10.2. The summed E-state index contributed by atoms with van der Waals surface area (Å²) in [4.78, 5) is 12.8. The molecule has 0 aromatic heterocycles. The third-order valence-corrected chi connectivity index (χ3v) is 6.38.